The van der Waals surface area contributed by atoms with Gasteiger partial charge in [-0.15, -0.1) is 10.2 Å². The summed E-state index contributed by atoms with van der Waals surface area (Å²) in [6, 6.07) is 7.47. The van der Waals surface area contributed by atoms with Crippen molar-refractivity contribution >= 4 is 50.2 Å². The average Bonchev–Trinajstić information content (AvgIpc) is 3.10. The molecule has 0 bridgehead atoms. The van der Waals surface area contributed by atoms with Crippen LogP contribution < -0.4 is 10.6 Å². The van der Waals surface area contributed by atoms with Crippen LogP contribution in [0, 0.1) is 5.92 Å². The molecule has 0 atom stereocenters. The number of rotatable bonds is 5. The van der Waals surface area contributed by atoms with Gasteiger partial charge in [0.25, 0.3) is 0 Å². The standard InChI is InChI=1S/C15H17N5O2S2/c1-9(2)7-16-13(22)17-12(21)8-23-14-18-19-15-20(14)10-5-3-4-6-11(10)24-15/h3-6,9H,7-8H2,1-2H3,(H2,16,17,21,22). The zero-order valence-electron chi connectivity index (χ0n) is 13.3. The third kappa shape index (κ3) is 3.68. The summed E-state index contributed by atoms with van der Waals surface area (Å²) >= 11 is 2.80. The van der Waals surface area contributed by atoms with E-state index in [4.69, 9.17) is 0 Å². The minimum Gasteiger partial charge on any atom is -0.338 e. The Morgan fingerprint density at radius 1 is 1.29 bits per heavy atom. The lowest BCUT2D eigenvalue weighted by Crippen LogP contribution is -2.41. The number of benzene rings is 1. The number of hydrogen-bond acceptors (Lipinski definition) is 6. The molecule has 3 aromatic rings. The smallest absolute Gasteiger partial charge is 0.321 e. The molecule has 3 rings (SSSR count). The number of carbonyl (C=O) groups excluding carboxylic acids is 2. The van der Waals surface area contributed by atoms with Gasteiger partial charge in [0.2, 0.25) is 10.9 Å². The molecule has 0 saturated heterocycles. The van der Waals surface area contributed by atoms with Crippen molar-refractivity contribution in [1.82, 2.24) is 25.2 Å². The van der Waals surface area contributed by atoms with Crippen molar-refractivity contribution < 1.29 is 9.59 Å². The molecule has 0 unspecified atom stereocenters. The van der Waals surface area contributed by atoms with E-state index in [1.165, 1.54) is 11.8 Å². The molecule has 0 saturated carbocycles. The lowest BCUT2D eigenvalue weighted by Gasteiger charge is -2.08. The number of fused-ring (bicyclic) bond motifs is 3. The average molecular weight is 363 g/mol. The van der Waals surface area contributed by atoms with Crippen molar-refractivity contribution in [2.75, 3.05) is 12.3 Å². The van der Waals surface area contributed by atoms with E-state index in [-0.39, 0.29) is 11.7 Å². The first kappa shape index (κ1) is 16.7. The van der Waals surface area contributed by atoms with Crippen LogP contribution in [0.25, 0.3) is 15.2 Å². The quantitative estimate of drug-likeness (QED) is 0.680. The first-order valence-corrected chi connectivity index (χ1v) is 9.28. The van der Waals surface area contributed by atoms with Crippen molar-refractivity contribution in [3.63, 3.8) is 0 Å². The zero-order valence-corrected chi connectivity index (χ0v) is 14.9. The van der Waals surface area contributed by atoms with Gasteiger partial charge in [-0.25, -0.2) is 4.79 Å². The van der Waals surface area contributed by atoms with E-state index < -0.39 is 6.03 Å². The number of thiazole rings is 1. The van der Waals surface area contributed by atoms with Crippen LogP contribution in [0.1, 0.15) is 13.8 Å². The summed E-state index contributed by atoms with van der Waals surface area (Å²) in [5.41, 5.74) is 1.01. The van der Waals surface area contributed by atoms with E-state index in [2.05, 4.69) is 20.8 Å². The summed E-state index contributed by atoms with van der Waals surface area (Å²) in [5.74, 6) is 0.0639. The highest BCUT2D eigenvalue weighted by Gasteiger charge is 2.15. The summed E-state index contributed by atoms with van der Waals surface area (Å²) in [5, 5.41) is 13.9. The van der Waals surface area contributed by atoms with E-state index in [0.29, 0.717) is 17.6 Å². The van der Waals surface area contributed by atoms with Gasteiger partial charge in [-0.2, -0.15) is 0 Å². The second-order valence-electron chi connectivity index (χ2n) is 5.61. The summed E-state index contributed by atoms with van der Waals surface area (Å²) in [7, 11) is 0. The van der Waals surface area contributed by atoms with Gasteiger partial charge in [-0.1, -0.05) is 49.1 Å². The minimum absolute atomic E-state index is 0.0973. The number of amides is 3. The van der Waals surface area contributed by atoms with Crippen LogP contribution in [0.4, 0.5) is 4.79 Å². The fourth-order valence-corrected chi connectivity index (χ4v) is 3.85. The molecule has 0 fully saturated rings. The normalized spacial score (nSPS) is 11.3. The van der Waals surface area contributed by atoms with Crippen molar-refractivity contribution in [2.24, 2.45) is 5.92 Å². The van der Waals surface area contributed by atoms with E-state index in [1.54, 1.807) is 11.3 Å². The maximum absolute atomic E-state index is 11.9. The second kappa shape index (κ2) is 7.18. The predicted octanol–water partition coefficient (Wildman–Crippen LogP) is 2.52. The number of hydrogen-bond donors (Lipinski definition) is 2. The van der Waals surface area contributed by atoms with E-state index in [9.17, 15) is 9.59 Å². The molecule has 0 aliphatic rings. The summed E-state index contributed by atoms with van der Waals surface area (Å²) in [4.78, 5) is 24.3. The van der Waals surface area contributed by atoms with Crippen LogP contribution in [0.15, 0.2) is 29.4 Å². The Kier molecular flexibility index (Phi) is 5.00. The molecule has 2 N–H and O–H groups in total. The molecular formula is C15H17N5O2S2. The van der Waals surface area contributed by atoms with Gasteiger partial charge in [0, 0.05) is 6.54 Å². The molecule has 0 spiro atoms. The molecule has 2 heterocycles. The molecule has 7 nitrogen and oxygen atoms in total. The number of nitrogens with one attached hydrogen (secondary N) is 2. The van der Waals surface area contributed by atoms with Crippen LogP contribution in [0.3, 0.4) is 0 Å². The topological polar surface area (TPSA) is 88.4 Å². The lowest BCUT2D eigenvalue weighted by atomic mass is 10.2. The highest BCUT2D eigenvalue weighted by Crippen LogP contribution is 2.29. The van der Waals surface area contributed by atoms with Crippen molar-refractivity contribution in [3.8, 4) is 0 Å². The number of carbonyl (C=O) groups is 2. The minimum atomic E-state index is -0.471. The number of para-hydroxylation sites is 1. The van der Waals surface area contributed by atoms with Gasteiger partial charge < -0.3 is 5.32 Å². The molecule has 126 valence electrons. The second-order valence-corrected chi connectivity index (χ2v) is 7.56. The first-order chi connectivity index (χ1) is 11.5. The van der Waals surface area contributed by atoms with Crippen molar-refractivity contribution in [1.29, 1.82) is 0 Å². The van der Waals surface area contributed by atoms with Crippen LogP contribution in [-0.4, -0.2) is 38.8 Å². The molecular weight excluding hydrogens is 346 g/mol. The number of aromatic nitrogens is 3. The van der Waals surface area contributed by atoms with Crippen LogP contribution in [-0.2, 0) is 4.79 Å². The largest absolute Gasteiger partial charge is 0.338 e. The lowest BCUT2D eigenvalue weighted by molar-refractivity contribution is -0.117. The highest BCUT2D eigenvalue weighted by molar-refractivity contribution is 7.99. The number of thioether (sulfide) groups is 1. The summed E-state index contributed by atoms with van der Waals surface area (Å²) < 4.78 is 3.04. The molecule has 2 aromatic heterocycles. The summed E-state index contributed by atoms with van der Waals surface area (Å²) in [6.07, 6.45) is 0. The fourth-order valence-electron chi connectivity index (χ4n) is 2.08. The van der Waals surface area contributed by atoms with E-state index in [0.717, 1.165) is 15.2 Å². The molecule has 0 aliphatic heterocycles. The van der Waals surface area contributed by atoms with Gasteiger partial charge in [0.1, 0.15) is 0 Å². The third-order valence-electron chi connectivity index (χ3n) is 3.17. The third-order valence-corrected chi connectivity index (χ3v) is 5.11. The van der Waals surface area contributed by atoms with Gasteiger partial charge >= 0.3 is 6.03 Å². The van der Waals surface area contributed by atoms with Crippen LogP contribution >= 0.6 is 23.1 Å². The maximum Gasteiger partial charge on any atom is 0.321 e. The Balaban J connectivity index is 1.63. The highest BCUT2D eigenvalue weighted by atomic mass is 32.2. The predicted molar refractivity (Wildman–Crippen MR) is 95.5 cm³/mol. The number of urea groups is 1. The van der Waals surface area contributed by atoms with E-state index in [1.807, 2.05) is 42.5 Å². The Morgan fingerprint density at radius 2 is 2.08 bits per heavy atom. The molecule has 0 aliphatic carbocycles. The Morgan fingerprint density at radius 3 is 2.88 bits per heavy atom. The Labute approximate surface area is 146 Å². The van der Waals surface area contributed by atoms with E-state index >= 15 is 0 Å². The van der Waals surface area contributed by atoms with Gasteiger partial charge in [0.15, 0.2) is 5.16 Å². The Hall–Kier alpha value is -2.13. The fraction of sp³-hybridized carbons (Fsp3) is 0.333. The zero-order chi connectivity index (χ0) is 17.1. The molecule has 24 heavy (non-hydrogen) atoms. The number of imide groups is 1. The van der Waals surface area contributed by atoms with Gasteiger partial charge in [0.05, 0.1) is 16.0 Å². The molecule has 3 amide bonds. The maximum atomic E-state index is 11.9. The van der Waals surface area contributed by atoms with Crippen molar-refractivity contribution in [2.45, 2.75) is 19.0 Å². The van der Waals surface area contributed by atoms with Crippen molar-refractivity contribution in [3.05, 3.63) is 24.3 Å². The first-order valence-electron chi connectivity index (χ1n) is 7.47. The Bertz CT molecular complexity index is 886. The molecule has 1 aromatic carbocycles. The molecule has 9 heteroatoms. The number of nitrogens with zero attached hydrogens (tertiary/aromatic N) is 3. The van der Waals surface area contributed by atoms with Crippen LogP contribution in [0.5, 0.6) is 0 Å². The monoisotopic (exact) mass is 363 g/mol. The summed E-state index contributed by atoms with van der Waals surface area (Å²) in [6.45, 7) is 4.50. The molecule has 0 radical (unpaired) electrons. The van der Waals surface area contributed by atoms with Gasteiger partial charge in [-0.3, -0.25) is 14.5 Å². The van der Waals surface area contributed by atoms with Gasteiger partial charge in [-0.05, 0) is 18.1 Å². The van der Waals surface area contributed by atoms with Crippen LogP contribution in [0.2, 0.25) is 0 Å². The SMILES string of the molecule is CC(C)CNC(=O)NC(=O)CSc1nnc2sc3ccccc3n12.